The normalized spacial score (nSPS) is 21.2. The van der Waals surface area contributed by atoms with E-state index in [1.807, 2.05) is 6.07 Å². The summed E-state index contributed by atoms with van der Waals surface area (Å²) in [6.45, 7) is 2.73. The Morgan fingerprint density at radius 2 is 2.29 bits per heavy atom. The summed E-state index contributed by atoms with van der Waals surface area (Å²) in [7, 11) is 0. The van der Waals surface area contributed by atoms with E-state index >= 15 is 0 Å². The van der Waals surface area contributed by atoms with Crippen LogP contribution in [-0.2, 0) is 4.79 Å². The van der Waals surface area contributed by atoms with E-state index in [1.54, 1.807) is 23.1 Å². The molecule has 1 saturated heterocycles. The van der Waals surface area contributed by atoms with Crippen LogP contribution in [0.15, 0.2) is 24.3 Å². The summed E-state index contributed by atoms with van der Waals surface area (Å²) in [5.74, 6) is -0.0697. The lowest BCUT2D eigenvalue weighted by Gasteiger charge is -2.40. The Morgan fingerprint density at radius 1 is 1.50 bits per heavy atom. The molecule has 1 aliphatic rings. The average Bonchev–Trinajstić information content (AvgIpc) is 2.57. The van der Waals surface area contributed by atoms with Gasteiger partial charge in [-0.1, -0.05) is 24.1 Å². The summed E-state index contributed by atoms with van der Waals surface area (Å²) < 4.78 is 0. The Hall–Kier alpha value is -1.61. The molecule has 5 nitrogen and oxygen atoms in total. The van der Waals surface area contributed by atoms with Crippen molar-refractivity contribution >= 4 is 23.2 Å². The molecule has 2 atom stereocenters. The Kier molecular flexibility index (Phi) is 7.04. The van der Waals surface area contributed by atoms with Crippen LogP contribution < -0.4 is 4.90 Å². The van der Waals surface area contributed by atoms with E-state index in [-0.39, 0.29) is 37.6 Å². The lowest BCUT2D eigenvalue weighted by atomic mass is 9.97. The van der Waals surface area contributed by atoms with Crippen molar-refractivity contribution in [1.82, 2.24) is 4.90 Å². The molecule has 1 fully saturated rings. The van der Waals surface area contributed by atoms with Crippen LogP contribution in [0.2, 0.25) is 5.02 Å². The quantitative estimate of drug-likeness (QED) is 0.857. The minimum absolute atomic E-state index is 0.0230. The van der Waals surface area contributed by atoms with Gasteiger partial charge < -0.3 is 10.0 Å². The van der Waals surface area contributed by atoms with E-state index in [2.05, 4.69) is 17.9 Å². The van der Waals surface area contributed by atoms with Crippen molar-refractivity contribution in [2.75, 3.05) is 24.6 Å². The lowest BCUT2D eigenvalue weighted by molar-refractivity contribution is -0.121. The number of nitrogens with zero attached hydrogens (tertiary/aromatic N) is 3. The highest BCUT2D eigenvalue weighted by molar-refractivity contribution is 6.30. The summed E-state index contributed by atoms with van der Waals surface area (Å²) >= 11 is 6.04. The zero-order valence-corrected chi connectivity index (χ0v) is 14.7. The molecule has 0 saturated carbocycles. The predicted molar refractivity (Wildman–Crippen MR) is 94.9 cm³/mol. The van der Waals surface area contributed by atoms with Crippen LogP contribution in [0.1, 0.15) is 32.6 Å². The topological polar surface area (TPSA) is 67.6 Å². The number of carbonyl (C=O) groups is 1. The number of hydrogen-bond acceptors (Lipinski definition) is 4. The first kappa shape index (κ1) is 18.7. The summed E-state index contributed by atoms with van der Waals surface area (Å²) in [6, 6.07) is 9.49. The molecule has 0 radical (unpaired) electrons. The second kappa shape index (κ2) is 9.03. The van der Waals surface area contributed by atoms with Gasteiger partial charge in [-0.15, -0.1) is 0 Å². The number of amides is 1. The summed E-state index contributed by atoms with van der Waals surface area (Å²) in [4.78, 5) is 16.6. The van der Waals surface area contributed by atoms with Crippen LogP contribution in [0, 0.1) is 11.3 Å². The molecule has 1 N–H and O–H groups in total. The van der Waals surface area contributed by atoms with Crippen LogP contribution in [0.3, 0.4) is 0 Å². The summed E-state index contributed by atoms with van der Waals surface area (Å²) in [5, 5.41) is 19.0. The number of carbonyl (C=O) groups excluding carboxylic acids is 1. The van der Waals surface area contributed by atoms with Crippen molar-refractivity contribution < 1.29 is 9.90 Å². The molecule has 2 rings (SSSR count). The van der Waals surface area contributed by atoms with Gasteiger partial charge in [0.1, 0.15) is 0 Å². The van der Waals surface area contributed by atoms with Gasteiger partial charge in [-0.25, -0.2) is 0 Å². The van der Waals surface area contributed by atoms with Gasteiger partial charge in [-0.05, 0) is 38.0 Å². The summed E-state index contributed by atoms with van der Waals surface area (Å²) in [6.07, 6.45) is 3.27. The third kappa shape index (κ3) is 4.70. The van der Waals surface area contributed by atoms with E-state index in [9.17, 15) is 9.90 Å². The number of hydrogen-bond donors (Lipinski definition) is 1. The van der Waals surface area contributed by atoms with E-state index in [0.29, 0.717) is 17.3 Å². The first-order chi connectivity index (χ1) is 11.6. The molecule has 2 unspecified atom stereocenters. The fourth-order valence-electron chi connectivity index (χ4n) is 3.27. The van der Waals surface area contributed by atoms with Crippen molar-refractivity contribution in [3.05, 3.63) is 29.3 Å². The van der Waals surface area contributed by atoms with Gasteiger partial charge in [-0.3, -0.25) is 9.69 Å². The molecule has 130 valence electrons. The molecule has 24 heavy (non-hydrogen) atoms. The fraction of sp³-hybridized carbons (Fsp3) is 0.556. The smallest absolute Gasteiger partial charge is 0.241 e. The van der Waals surface area contributed by atoms with Crippen molar-refractivity contribution in [2.45, 2.75) is 44.7 Å². The maximum Gasteiger partial charge on any atom is 0.241 e. The Balaban J connectivity index is 2.16. The number of piperidine rings is 1. The molecule has 0 aliphatic carbocycles. The van der Waals surface area contributed by atoms with Crippen LogP contribution in [0.4, 0.5) is 5.69 Å². The Bertz CT molecular complexity index is 602. The van der Waals surface area contributed by atoms with Gasteiger partial charge >= 0.3 is 0 Å². The molecule has 6 heteroatoms. The fourth-order valence-corrected chi connectivity index (χ4v) is 3.45. The van der Waals surface area contributed by atoms with E-state index in [0.717, 1.165) is 19.3 Å². The number of likely N-dealkylation sites (tertiary alicyclic amines) is 1. The minimum Gasteiger partial charge on any atom is -0.395 e. The number of anilines is 1. The molecule has 0 aromatic heterocycles. The predicted octanol–water partition coefficient (Wildman–Crippen LogP) is 2.82. The number of aliphatic hydroxyl groups excluding tert-OH is 1. The van der Waals surface area contributed by atoms with Crippen molar-refractivity contribution in [3.8, 4) is 6.07 Å². The molecule has 0 bridgehead atoms. The average molecular weight is 350 g/mol. The van der Waals surface area contributed by atoms with Gasteiger partial charge in [-0.2, -0.15) is 5.26 Å². The van der Waals surface area contributed by atoms with Gasteiger partial charge in [0.15, 0.2) is 0 Å². The molecule has 1 amide bonds. The highest BCUT2D eigenvalue weighted by atomic mass is 35.5. The monoisotopic (exact) mass is 349 g/mol. The zero-order valence-electron chi connectivity index (χ0n) is 14.0. The first-order valence-corrected chi connectivity index (χ1v) is 8.74. The number of rotatable bonds is 6. The SMILES string of the molecule is CC1CCCC(CO)N1CC(=O)N(CCC#N)c1cccc(Cl)c1. The molecule has 1 aromatic carbocycles. The highest BCUT2D eigenvalue weighted by Gasteiger charge is 2.30. The molecule has 1 aliphatic heterocycles. The highest BCUT2D eigenvalue weighted by Crippen LogP contribution is 2.24. The Labute approximate surface area is 148 Å². The maximum atomic E-state index is 12.9. The number of aliphatic hydroxyl groups is 1. The third-order valence-electron chi connectivity index (χ3n) is 4.59. The standard InChI is InChI=1S/C18H24ClN3O2/c1-14-5-2-8-17(13-23)22(14)12-18(24)21(10-4-9-20)16-7-3-6-15(19)11-16/h3,6-7,11,14,17,23H,2,4-5,8,10,12-13H2,1H3. The van der Waals surface area contributed by atoms with Gasteiger partial charge in [0.2, 0.25) is 5.91 Å². The zero-order chi connectivity index (χ0) is 17.5. The summed E-state index contributed by atoms with van der Waals surface area (Å²) in [5.41, 5.74) is 0.702. The van der Waals surface area contributed by atoms with Crippen molar-refractivity contribution in [2.24, 2.45) is 0 Å². The molecule has 0 spiro atoms. The van der Waals surface area contributed by atoms with Crippen LogP contribution >= 0.6 is 11.6 Å². The van der Waals surface area contributed by atoms with Crippen molar-refractivity contribution in [3.63, 3.8) is 0 Å². The van der Waals surface area contributed by atoms with E-state index in [4.69, 9.17) is 16.9 Å². The van der Waals surface area contributed by atoms with Crippen LogP contribution in [0.5, 0.6) is 0 Å². The maximum absolute atomic E-state index is 12.9. The van der Waals surface area contributed by atoms with Crippen LogP contribution in [0.25, 0.3) is 0 Å². The van der Waals surface area contributed by atoms with E-state index in [1.165, 1.54) is 0 Å². The Morgan fingerprint density at radius 3 is 2.96 bits per heavy atom. The number of nitriles is 1. The second-order valence-corrected chi connectivity index (χ2v) is 6.66. The lowest BCUT2D eigenvalue weighted by Crippen LogP contribution is -2.52. The molecule has 1 heterocycles. The molecular weight excluding hydrogens is 326 g/mol. The van der Waals surface area contributed by atoms with Gasteiger partial charge in [0, 0.05) is 29.3 Å². The van der Waals surface area contributed by atoms with Gasteiger partial charge in [0.05, 0.1) is 25.6 Å². The van der Waals surface area contributed by atoms with Crippen molar-refractivity contribution in [1.29, 1.82) is 5.26 Å². The van der Waals surface area contributed by atoms with E-state index < -0.39 is 0 Å². The largest absolute Gasteiger partial charge is 0.395 e. The van der Waals surface area contributed by atoms with Gasteiger partial charge in [0.25, 0.3) is 0 Å². The minimum atomic E-state index is -0.0697. The number of benzene rings is 1. The number of halogens is 1. The van der Waals surface area contributed by atoms with Crippen LogP contribution in [-0.4, -0.2) is 47.7 Å². The molecular formula is C18H24ClN3O2. The third-order valence-corrected chi connectivity index (χ3v) is 4.83. The second-order valence-electron chi connectivity index (χ2n) is 6.22. The molecule has 1 aromatic rings. The first-order valence-electron chi connectivity index (χ1n) is 8.36.